The minimum Gasteiger partial charge on any atom is -0.480 e. The van der Waals surface area contributed by atoms with Crippen LogP contribution < -0.4 is 15.0 Å². The molecule has 0 bridgehead atoms. The second-order valence-corrected chi connectivity index (χ2v) is 8.15. The SMILES string of the molecule is COc1ccc(N2CCC(C(=O)NCCC(c3ccccc3)c3ccccc3)CC2)nn1. The number of carbonyl (C=O) groups excluding carboxylic acids is 1. The van der Waals surface area contributed by atoms with Gasteiger partial charge in [-0.2, -0.15) is 0 Å². The number of hydrogen-bond donors (Lipinski definition) is 1. The molecule has 6 heteroatoms. The van der Waals surface area contributed by atoms with Crippen LogP contribution in [0.3, 0.4) is 0 Å². The Labute approximate surface area is 189 Å². The average molecular weight is 431 g/mol. The van der Waals surface area contributed by atoms with Crippen molar-refractivity contribution in [3.63, 3.8) is 0 Å². The first-order valence-electron chi connectivity index (χ1n) is 11.2. The molecule has 0 radical (unpaired) electrons. The van der Waals surface area contributed by atoms with Gasteiger partial charge in [0.15, 0.2) is 5.82 Å². The summed E-state index contributed by atoms with van der Waals surface area (Å²) in [4.78, 5) is 15.0. The van der Waals surface area contributed by atoms with Gasteiger partial charge in [-0.15, -0.1) is 10.2 Å². The highest BCUT2D eigenvalue weighted by Gasteiger charge is 2.26. The summed E-state index contributed by atoms with van der Waals surface area (Å²) in [5, 5.41) is 11.5. The Morgan fingerprint density at radius 3 is 2.12 bits per heavy atom. The summed E-state index contributed by atoms with van der Waals surface area (Å²) >= 11 is 0. The van der Waals surface area contributed by atoms with Crippen LogP contribution in [0.15, 0.2) is 72.8 Å². The largest absolute Gasteiger partial charge is 0.480 e. The van der Waals surface area contributed by atoms with E-state index in [4.69, 9.17) is 4.74 Å². The summed E-state index contributed by atoms with van der Waals surface area (Å²) in [7, 11) is 1.58. The second-order valence-electron chi connectivity index (χ2n) is 8.15. The highest BCUT2D eigenvalue weighted by Crippen LogP contribution is 2.28. The van der Waals surface area contributed by atoms with E-state index in [1.165, 1.54) is 11.1 Å². The van der Waals surface area contributed by atoms with Crippen LogP contribution in [0.5, 0.6) is 5.88 Å². The topological polar surface area (TPSA) is 67.3 Å². The van der Waals surface area contributed by atoms with Crippen molar-refractivity contribution in [1.29, 1.82) is 0 Å². The first-order valence-corrected chi connectivity index (χ1v) is 11.2. The number of carbonyl (C=O) groups is 1. The van der Waals surface area contributed by atoms with Gasteiger partial charge >= 0.3 is 0 Å². The van der Waals surface area contributed by atoms with Crippen LogP contribution in [0.1, 0.15) is 36.3 Å². The van der Waals surface area contributed by atoms with Crippen molar-refractivity contribution in [2.75, 3.05) is 31.6 Å². The molecule has 1 saturated heterocycles. The lowest BCUT2D eigenvalue weighted by molar-refractivity contribution is -0.125. The molecule has 1 fully saturated rings. The fourth-order valence-electron chi connectivity index (χ4n) is 4.34. The van der Waals surface area contributed by atoms with Crippen LogP contribution in [0, 0.1) is 5.92 Å². The number of rotatable bonds is 8. The van der Waals surface area contributed by atoms with E-state index in [-0.39, 0.29) is 17.7 Å². The maximum absolute atomic E-state index is 12.8. The Bertz CT molecular complexity index is 932. The number of amides is 1. The van der Waals surface area contributed by atoms with Crippen molar-refractivity contribution in [1.82, 2.24) is 15.5 Å². The molecule has 1 aliphatic heterocycles. The molecule has 0 unspecified atom stereocenters. The third-order valence-electron chi connectivity index (χ3n) is 6.16. The molecule has 0 aliphatic carbocycles. The molecule has 4 rings (SSSR count). The summed E-state index contributed by atoms with van der Waals surface area (Å²) < 4.78 is 5.07. The molecule has 3 aromatic rings. The third-order valence-corrected chi connectivity index (χ3v) is 6.16. The number of benzene rings is 2. The van der Waals surface area contributed by atoms with E-state index in [1.807, 2.05) is 24.3 Å². The molecule has 1 aliphatic rings. The van der Waals surface area contributed by atoms with E-state index in [0.29, 0.717) is 12.4 Å². The molecule has 166 valence electrons. The number of nitrogens with one attached hydrogen (secondary N) is 1. The van der Waals surface area contributed by atoms with Crippen LogP contribution in [0.2, 0.25) is 0 Å². The number of anilines is 1. The van der Waals surface area contributed by atoms with Gasteiger partial charge in [-0.05, 0) is 36.5 Å². The average Bonchev–Trinajstić information content (AvgIpc) is 2.88. The summed E-state index contributed by atoms with van der Waals surface area (Å²) in [5.74, 6) is 1.81. The molecule has 1 amide bonds. The fourth-order valence-corrected chi connectivity index (χ4v) is 4.34. The van der Waals surface area contributed by atoms with Crippen LogP contribution in [0.25, 0.3) is 0 Å². The second kappa shape index (κ2) is 10.8. The normalized spacial score (nSPS) is 14.4. The molecule has 32 heavy (non-hydrogen) atoms. The van der Waals surface area contributed by atoms with Crippen molar-refractivity contribution in [2.24, 2.45) is 5.92 Å². The van der Waals surface area contributed by atoms with Gasteiger partial charge in [-0.3, -0.25) is 4.79 Å². The number of piperidine rings is 1. The van der Waals surface area contributed by atoms with E-state index in [2.05, 4.69) is 68.9 Å². The van der Waals surface area contributed by atoms with Gasteiger partial charge < -0.3 is 15.0 Å². The molecule has 0 spiro atoms. The van der Waals surface area contributed by atoms with Crippen LogP contribution >= 0.6 is 0 Å². The Balaban J connectivity index is 1.28. The molecule has 0 atom stereocenters. The zero-order valence-electron chi connectivity index (χ0n) is 18.5. The molecular weight excluding hydrogens is 400 g/mol. The van der Waals surface area contributed by atoms with Crippen LogP contribution in [-0.4, -0.2) is 42.8 Å². The standard InChI is InChI=1S/C26H30N4O2/c1-32-25-13-12-24(28-29-25)30-18-15-22(16-19-30)26(31)27-17-14-23(20-8-4-2-5-9-20)21-10-6-3-7-11-21/h2-13,22-23H,14-19H2,1H3,(H,27,31). The summed E-state index contributed by atoms with van der Waals surface area (Å²) in [6.45, 7) is 2.27. The molecule has 1 aromatic heterocycles. The molecule has 2 aromatic carbocycles. The summed E-state index contributed by atoms with van der Waals surface area (Å²) in [6.07, 6.45) is 2.51. The van der Waals surface area contributed by atoms with Gasteiger partial charge in [0.25, 0.3) is 0 Å². The fraction of sp³-hybridized carbons (Fsp3) is 0.346. The Morgan fingerprint density at radius 1 is 0.969 bits per heavy atom. The highest BCUT2D eigenvalue weighted by molar-refractivity contribution is 5.79. The zero-order valence-corrected chi connectivity index (χ0v) is 18.5. The van der Waals surface area contributed by atoms with E-state index in [9.17, 15) is 4.79 Å². The van der Waals surface area contributed by atoms with Crippen molar-refractivity contribution < 1.29 is 9.53 Å². The molecular formula is C26H30N4O2. The van der Waals surface area contributed by atoms with Crippen molar-refractivity contribution in [3.8, 4) is 5.88 Å². The molecule has 0 saturated carbocycles. The van der Waals surface area contributed by atoms with Crippen molar-refractivity contribution in [2.45, 2.75) is 25.2 Å². The van der Waals surface area contributed by atoms with Crippen LogP contribution in [0.4, 0.5) is 5.82 Å². The van der Waals surface area contributed by atoms with E-state index < -0.39 is 0 Å². The monoisotopic (exact) mass is 430 g/mol. The Kier molecular flexibility index (Phi) is 7.33. The lowest BCUT2D eigenvalue weighted by Gasteiger charge is -2.32. The Hall–Kier alpha value is -3.41. The molecule has 6 nitrogen and oxygen atoms in total. The van der Waals surface area contributed by atoms with Crippen molar-refractivity contribution >= 4 is 11.7 Å². The van der Waals surface area contributed by atoms with Gasteiger partial charge in [-0.25, -0.2) is 0 Å². The lowest BCUT2D eigenvalue weighted by Crippen LogP contribution is -2.41. The number of ether oxygens (including phenoxy) is 1. The third kappa shape index (κ3) is 5.44. The van der Waals surface area contributed by atoms with Gasteiger partial charge in [0.2, 0.25) is 11.8 Å². The predicted octanol–water partition coefficient (Wildman–Crippen LogP) is 4.04. The molecule has 2 heterocycles. The smallest absolute Gasteiger partial charge is 0.233 e. The number of nitrogens with zero attached hydrogens (tertiary/aromatic N) is 3. The van der Waals surface area contributed by atoms with E-state index >= 15 is 0 Å². The zero-order chi connectivity index (χ0) is 22.2. The minimum absolute atomic E-state index is 0.0457. The van der Waals surface area contributed by atoms with Gasteiger partial charge in [0.05, 0.1) is 7.11 Å². The van der Waals surface area contributed by atoms with Crippen LogP contribution in [-0.2, 0) is 4.79 Å². The Morgan fingerprint density at radius 2 is 1.59 bits per heavy atom. The van der Waals surface area contributed by atoms with Gasteiger partial charge in [0.1, 0.15) is 0 Å². The van der Waals surface area contributed by atoms with E-state index in [0.717, 1.165) is 38.2 Å². The number of methoxy groups -OCH3 is 1. The summed E-state index contributed by atoms with van der Waals surface area (Å²) in [5.41, 5.74) is 2.56. The maximum atomic E-state index is 12.8. The first-order chi connectivity index (χ1) is 15.7. The van der Waals surface area contributed by atoms with Gasteiger partial charge in [0, 0.05) is 37.5 Å². The minimum atomic E-state index is 0.0457. The van der Waals surface area contributed by atoms with Crippen molar-refractivity contribution in [3.05, 3.63) is 83.9 Å². The van der Waals surface area contributed by atoms with E-state index in [1.54, 1.807) is 7.11 Å². The maximum Gasteiger partial charge on any atom is 0.233 e. The lowest BCUT2D eigenvalue weighted by atomic mass is 9.88. The predicted molar refractivity (Wildman–Crippen MR) is 126 cm³/mol. The number of hydrogen-bond acceptors (Lipinski definition) is 5. The number of aromatic nitrogens is 2. The first kappa shape index (κ1) is 21.8. The summed E-state index contributed by atoms with van der Waals surface area (Å²) in [6, 6.07) is 24.8. The molecule has 1 N–H and O–H groups in total. The van der Waals surface area contributed by atoms with Gasteiger partial charge in [-0.1, -0.05) is 60.7 Å². The quantitative estimate of drug-likeness (QED) is 0.584. The highest BCUT2D eigenvalue weighted by atomic mass is 16.5.